The fourth-order valence-corrected chi connectivity index (χ4v) is 1.64. The summed E-state index contributed by atoms with van der Waals surface area (Å²) in [7, 11) is 0. The fraction of sp³-hybridized carbons (Fsp3) is 0.200. The number of hydrogen-bond donors (Lipinski definition) is 0. The van der Waals surface area contributed by atoms with Crippen LogP contribution in [0.4, 0.5) is 5.69 Å². The second kappa shape index (κ2) is 4.50. The smallest absolute Gasteiger partial charge is 0.0806 e. The number of rotatable bonds is 2. The first kappa shape index (κ1) is 11.5. The average Bonchev–Trinajstić information content (AvgIpc) is 2.50. The first-order valence-corrected chi connectivity index (χ1v) is 5.63. The second-order valence-electron chi connectivity index (χ2n) is 4.70. The third-order valence-corrected chi connectivity index (χ3v) is 2.72. The van der Waals surface area contributed by atoms with Crippen LogP contribution in [0.2, 0.25) is 0 Å². The van der Waals surface area contributed by atoms with Crippen LogP contribution in [-0.4, -0.2) is 11.7 Å². The van der Waals surface area contributed by atoms with E-state index >= 15 is 0 Å². The van der Waals surface area contributed by atoms with Crippen LogP contribution in [0.25, 0.3) is 5.57 Å². The number of pyridine rings is 1. The largest absolute Gasteiger partial charge is 0.263 e. The monoisotopic (exact) mass is 224 g/mol. The van der Waals surface area contributed by atoms with Gasteiger partial charge in [-0.05, 0) is 24.4 Å². The molecule has 86 valence electrons. The predicted octanol–water partition coefficient (Wildman–Crippen LogP) is 3.95. The van der Waals surface area contributed by atoms with Gasteiger partial charge in [0, 0.05) is 5.41 Å². The molecule has 0 aliphatic heterocycles. The van der Waals surface area contributed by atoms with Crippen LogP contribution in [0, 0.1) is 5.41 Å². The number of nitrogens with zero attached hydrogens (tertiary/aromatic N) is 2. The molecular weight excluding hydrogens is 208 g/mol. The van der Waals surface area contributed by atoms with Gasteiger partial charge in [0.05, 0.1) is 17.6 Å². The molecule has 2 nitrogen and oxygen atoms in total. The van der Waals surface area contributed by atoms with Crippen molar-refractivity contribution in [1.29, 1.82) is 0 Å². The quantitative estimate of drug-likeness (QED) is 0.698. The lowest BCUT2D eigenvalue weighted by atomic mass is 9.93. The van der Waals surface area contributed by atoms with Crippen LogP contribution in [0.5, 0.6) is 0 Å². The lowest BCUT2D eigenvalue weighted by Gasteiger charge is -2.12. The Morgan fingerprint density at radius 3 is 2.71 bits per heavy atom. The van der Waals surface area contributed by atoms with E-state index in [0.717, 1.165) is 17.0 Å². The van der Waals surface area contributed by atoms with Crippen molar-refractivity contribution in [3.8, 4) is 0 Å². The van der Waals surface area contributed by atoms with E-state index in [1.165, 1.54) is 0 Å². The van der Waals surface area contributed by atoms with Crippen LogP contribution in [0.3, 0.4) is 0 Å². The van der Waals surface area contributed by atoms with Gasteiger partial charge in [-0.25, -0.2) is 0 Å². The van der Waals surface area contributed by atoms with Crippen molar-refractivity contribution in [3.05, 3.63) is 54.4 Å². The van der Waals surface area contributed by atoms with Gasteiger partial charge in [0.1, 0.15) is 0 Å². The summed E-state index contributed by atoms with van der Waals surface area (Å²) < 4.78 is 0. The maximum absolute atomic E-state index is 4.38. The Labute approximate surface area is 102 Å². The van der Waals surface area contributed by atoms with Crippen molar-refractivity contribution in [2.24, 2.45) is 10.4 Å². The van der Waals surface area contributed by atoms with E-state index in [-0.39, 0.29) is 5.41 Å². The van der Waals surface area contributed by atoms with E-state index in [4.69, 9.17) is 0 Å². The predicted molar refractivity (Wildman–Crippen MR) is 73.5 cm³/mol. The maximum Gasteiger partial charge on any atom is 0.0806 e. The van der Waals surface area contributed by atoms with Crippen LogP contribution in [0.15, 0.2) is 53.7 Å². The van der Waals surface area contributed by atoms with Gasteiger partial charge in [-0.2, -0.15) is 0 Å². The third-order valence-electron chi connectivity index (χ3n) is 2.72. The molecule has 0 atom stereocenters. The van der Waals surface area contributed by atoms with E-state index in [2.05, 4.69) is 60.9 Å². The summed E-state index contributed by atoms with van der Waals surface area (Å²) in [6.45, 7) is 7.83. The molecular formula is C15H16N2. The summed E-state index contributed by atoms with van der Waals surface area (Å²) in [6, 6.07) is 3.89. The van der Waals surface area contributed by atoms with Gasteiger partial charge in [-0.1, -0.05) is 44.2 Å². The van der Waals surface area contributed by atoms with Crippen LogP contribution < -0.4 is 0 Å². The summed E-state index contributed by atoms with van der Waals surface area (Å²) in [6.07, 6.45) is 12.4. The van der Waals surface area contributed by atoms with Crippen molar-refractivity contribution < 1.29 is 0 Å². The van der Waals surface area contributed by atoms with E-state index in [1.807, 2.05) is 12.1 Å². The zero-order valence-electron chi connectivity index (χ0n) is 10.2. The Morgan fingerprint density at radius 1 is 1.24 bits per heavy atom. The van der Waals surface area contributed by atoms with Gasteiger partial charge in [0.25, 0.3) is 0 Å². The molecule has 2 rings (SSSR count). The van der Waals surface area contributed by atoms with Gasteiger partial charge in [0.15, 0.2) is 0 Å². The molecule has 1 aromatic rings. The van der Waals surface area contributed by atoms with Crippen molar-refractivity contribution in [1.82, 2.24) is 4.98 Å². The van der Waals surface area contributed by atoms with Gasteiger partial charge in [0.2, 0.25) is 0 Å². The molecule has 0 spiro atoms. The Kier molecular flexibility index (Phi) is 3.05. The number of allylic oxidation sites excluding steroid dienone is 6. The van der Waals surface area contributed by atoms with Crippen molar-refractivity contribution in [2.45, 2.75) is 13.8 Å². The molecule has 1 aliphatic carbocycles. The highest BCUT2D eigenvalue weighted by atomic mass is 14.8. The minimum absolute atomic E-state index is 0.0981. The molecule has 0 N–H and O–H groups in total. The normalized spacial score (nSPS) is 17.4. The summed E-state index contributed by atoms with van der Waals surface area (Å²) in [5, 5.41) is 0. The number of aliphatic imine (C=N–C) groups is 1. The zero-order chi connectivity index (χ0) is 12.3. The SMILES string of the molecule is C=Nc1ccc(C2=CC=CC(C)(C)C=C2)nc1. The highest BCUT2D eigenvalue weighted by Crippen LogP contribution is 2.26. The lowest BCUT2D eigenvalue weighted by Crippen LogP contribution is -2.00. The van der Waals surface area contributed by atoms with Gasteiger partial charge < -0.3 is 0 Å². The highest BCUT2D eigenvalue weighted by molar-refractivity contribution is 5.74. The van der Waals surface area contributed by atoms with Crippen molar-refractivity contribution in [2.75, 3.05) is 0 Å². The molecule has 0 amide bonds. The minimum Gasteiger partial charge on any atom is -0.263 e. The molecule has 0 saturated carbocycles. The zero-order valence-corrected chi connectivity index (χ0v) is 10.2. The maximum atomic E-state index is 4.38. The molecule has 1 aliphatic rings. The van der Waals surface area contributed by atoms with Crippen LogP contribution in [-0.2, 0) is 0 Å². The molecule has 0 aromatic carbocycles. The van der Waals surface area contributed by atoms with Gasteiger partial charge in [-0.15, -0.1) is 0 Å². The molecule has 2 heteroatoms. The summed E-state index contributed by atoms with van der Waals surface area (Å²) in [5.74, 6) is 0. The number of hydrogen-bond acceptors (Lipinski definition) is 2. The molecule has 0 saturated heterocycles. The first-order valence-electron chi connectivity index (χ1n) is 5.63. The van der Waals surface area contributed by atoms with Crippen molar-refractivity contribution >= 4 is 18.0 Å². The number of aromatic nitrogens is 1. The van der Waals surface area contributed by atoms with E-state index in [1.54, 1.807) is 6.20 Å². The standard InChI is InChI=1S/C15H16N2/c1-15(2)9-4-5-12(8-10-15)14-7-6-13(16-3)11-17-14/h4-11H,3H2,1-2H3. The Morgan fingerprint density at radius 2 is 2.06 bits per heavy atom. The molecule has 1 heterocycles. The van der Waals surface area contributed by atoms with Crippen molar-refractivity contribution in [3.63, 3.8) is 0 Å². The second-order valence-corrected chi connectivity index (χ2v) is 4.70. The van der Waals surface area contributed by atoms with E-state index in [0.29, 0.717) is 0 Å². The van der Waals surface area contributed by atoms with Crippen LogP contribution in [0.1, 0.15) is 19.5 Å². The molecule has 1 aromatic heterocycles. The van der Waals surface area contributed by atoms with Gasteiger partial charge in [-0.3, -0.25) is 9.98 Å². The lowest BCUT2D eigenvalue weighted by molar-refractivity contribution is 0.627. The first-order chi connectivity index (χ1) is 8.11. The molecule has 0 unspecified atom stereocenters. The Hall–Kier alpha value is -1.96. The third kappa shape index (κ3) is 2.78. The Bertz CT molecular complexity index is 502. The molecule has 0 fully saturated rings. The van der Waals surface area contributed by atoms with E-state index in [9.17, 15) is 0 Å². The van der Waals surface area contributed by atoms with Crippen LogP contribution >= 0.6 is 0 Å². The fourth-order valence-electron chi connectivity index (χ4n) is 1.64. The highest BCUT2D eigenvalue weighted by Gasteiger charge is 2.11. The summed E-state index contributed by atoms with van der Waals surface area (Å²) in [4.78, 5) is 8.21. The van der Waals surface area contributed by atoms with E-state index < -0.39 is 0 Å². The Balaban J connectivity index is 2.31. The molecule has 0 bridgehead atoms. The summed E-state index contributed by atoms with van der Waals surface area (Å²) >= 11 is 0. The average molecular weight is 224 g/mol. The minimum atomic E-state index is 0.0981. The topological polar surface area (TPSA) is 25.2 Å². The van der Waals surface area contributed by atoms with Gasteiger partial charge >= 0.3 is 0 Å². The molecule has 0 radical (unpaired) electrons. The summed E-state index contributed by atoms with van der Waals surface area (Å²) in [5.41, 5.74) is 2.96. The molecule has 17 heavy (non-hydrogen) atoms.